The van der Waals surface area contributed by atoms with Gasteiger partial charge in [0, 0.05) is 18.6 Å². The zero-order valence-corrected chi connectivity index (χ0v) is 5.58. The summed E-state index contributed by atoms with van der Waals surface area (Å²) >= 11 is 0. The molecule has 10 heavy (non-hydrogen) atoms. The maximum absolute atomic E-state index is 10.4. The molecule has 1 amide bonds. The summed E-state index contributed by atoms with van der Waals surface area (Å²) < 4.78 is 0. The summed E-state index contributed by atoms with van der Waals surface area (Å²) in [5, 5.41) is 8.54. The smallest absolute Gasteiger partial charge is 0.407 e. The molecule has 0 aromatic heterocycles. The molecule has 0 spiro atoms. The maximum atomic E-state index is 10.4. The van der Waals surface area contributed by atoms with Gasteiger partial charge in [0.25, 0.3) is 0 Å². The van der Waals surface area contributed by atoms with Crippen LogP contribution < -0.4 is 5.73 Å². The zero-order chi connectivity index (χ0) is 7.35. The van der Waals surface area contributed by atoms with Crippen LogP contribution in [-0.4, -0.2) is 34.7 Å². The Labute approximate surface area is 58.6 Å². The number of carboxylic acid groups (broad SMARTS) is 1. The van der Waals surface area contributed by atoms with Crippen molar-refractivity contribution < 1.29 is 9.90 Å². The molecule has 3 N–H and O–H groups in total. The van der Waals surface area contributed by atoms with E-state index in [4.69, 9.17) is 10.8 Å². The lowest BCUT2D eigenvalue weighted by Gasteiger charge is -2.14. The van der Waals surface area contributed by atoms with E-state index >= 15 is 0 Å². The van der Waals surface area contributed by atoms with Gasteiger partial charge in [0.2, 0.25) is 0 Å². The first-order valence-electron chi connectivity index (χ1n) is 3.38. The third-order valence-electron chi connectivity index (χ3n) is 2.48. The van der Waals surface area contributed by atoms with E-state index in [1.54, 1.807) is 0 Å². The fraction of sp³-hybridized carbons (Fsp3) is 0.833. The number of rotatable bonds is 0. The van der Waals surface area contributed by atoms with Crippen LogP contribution in [0, 0.1) is 5.92 Å². The fourth-order valence-electron chi connectivity index (χ4n) is 1.67. The van der Waals surface area contributed by atoms with Crippen LogP contribution in [-0.2, 0) is 0 Å². The molecule has 4 heteroatoms. The van der Waals surface area contributed by atoms with E-state index in [2.05, 4.69) is 0 Å². The van der Waals surface area contributed by atoms with Gasteiger partial charge in [-0.05, 0) is 12.3 Å². The SMILES string of the molecule is N[C@@]12C[C@@H]1CN(C(=O)O)C2. The molecule has 0 bridgehead atoms. The lowest BCUT2D eigenvalue weighted by molar-refractivity contribution is 0.150. The van der Waals surface area contributed by atoms with Crippen LogP contribution in [0.2, 0.25) is 0 Å². The van der Waals surface area contributed by atoms with E-state index in [0.717, 1.165) is 6.42 Å². The molecule has 0 radical (unpaired) electrons. The molecule has 1 aliphatic carbocycles. The number of nitrogens with zero attached hydrogens (tertiary/aromatic N) is 1. The standard InChI is InChI=1S/C6H10N2O2/c7-6-1-4(6)2-8(3-6)5(9)10/h4H,1-3,7H2,(H,9,10)/t4-,6-/m1/s1. The molecule has 0 aromatic rings. The Morgan fingerprint density at radius 3 is 2.80 bits per heavy atom. The van der Waals surface area contributed by atoms with Gasteiger partial charge in [-0.1, -0.05) is 0 Å². The van der Waals surface area contributed by atoms with Gasteiger partial charge in [0.1, 0.15) is 0 Å². The molecule has 1 saturated carbocycles. The Bertz CT molecular complexity index is 194. The van der Waals surface area contributed by atoms with Crippen LogP contribution in [0.5, 0.6) is 0 Å². The van der Waals surface area contributed by atoms with E-state index in [1.807, 2.05) is 0 Å². The van der Waals surface area contributed by atoms with Gasteiger partial charge >= 0.3 is 6.09 Å². The van der Waals surface area contributed by atoms with Crippen molar-refractivity contribution in [2.75, 3.05) is 13.1 Å². The molecule has 2 rings (SSSR count). The largest absolute Gasteiger partial charge is 0.465 e. The Morgan fingerprint density at radius 1 is 1.80 bits per heavy atom. The topological polar surface area (TPSA) is 66.6 Å². The first kappa shape index (κ1) is 5.97. The van der Waals surface area contributed by atoms with Crippen molar-refractivity contribution in [3.05, 3.63) is 0 Å². The average molecular weight is 142 g/mol. The van der Waals surface area contributed by atoms with E-state index in [-0.39, 0.29) is 5.54 Å². The minimum Gasteiger partial charge on any atom is -0.465 e. The maximum Gasteiger partial charge on any atom is 0.407 e. The first-order valence-corrected chi connectivity index (χ1v) is 3.38. The second kappa shape index (κ2) is 1.45. The molecule has 2 aliphatic rings. The van der Waals surface area contributed by atoms with Crippen molar-refractivity contribution in [3.8, 4) is 0 Å². The van der Waals surface area contributed by atoms with Crippen LogP contribution in [0.1, 0.15) is 6.42 Å². The van der Waals surface area contributed by atoms with Crippen molar-refractivity contribution in [3.63, 3.8) is 0 Å². The molecule has 2 fully saturated rings. The highest BCUT2D eigenvalue weighted by Gasteiger charge is 2.58. The number of carbonyl (C=O) groups is 1. The molecule has 4 nitrogen and oxygen atoms in total. The van der Waals surface area contributed by atoms with E-state index in [9.17, 15) is 4.79 Å². The highest BCUT2D eigenvalue weighted by atomic mass is 16.4. The second-order valence-electron chi connectivity index (χ2n) is 3.30. The summed E-state index contributed by atoms with van der Waals surface area (Å²) in [5.41, 5.74) is 5.63. The number of amides is 1. The lowest BCUT2D eigenvalue weighted by atomic mass is 10.3. The van der Waals surface area contributed by atoms with E-state index in [0.29, 0.717) is 19.0 Å². The van der Waals surface area contributed by atoms with Gasteiger partial charge in [-0.2, -0.15) is 0 Å². The molecule has 1 heterocycles. The summed E-state index contributed by atoms with van der Waals surface area (Å²) in [7, 11) is 0. The Hall–Kier alpha value is -0.770. The predicted molar refractivity (Wildman–Crippen MR) is 34.6 cm³/mol. The van der Waals surface area contributed by atoms with Gasteiger partial charge in [-0.3, -0.25) is 0 Å². The van der Waals surface area contributed by atoms with Crippen molar-refractivity contribution in [1.82, 2.24) is 4.90 Å². The molecule has 0 unspecified atom stereocenters. The summed E-state index contributed by atoms with van der Waals surface area (Å²) in [5.74, 6) is 0.448. The lowest BCUT2D eigenvalue weighted by Crippen LogP contribution is -2.36. The van der Waals surface area contributed by atoms with Crippen LogP contribution in [0.25, 0.3) is 0 Å². The van der Waals surface area contributed by atoms with Crippen LogP contribution in [0.3, 0.4) is 0 Å². The van der Waals surface area contributed by atoms with Crippen LogP contribution in [0.4, 0.5) is 4.79 Å². The Balaban J connectivity index is 2.04. The molecular formula is C6H10N2O2. The minimum atomic E-state index is -0.836. The van der Waals surface area contributed by atoms with E-state index in [1.165, 1.54) is 4.90 Å². The minimum absolute atomic E-state index is 0.140. The summed E-state index contributed by atoms with van der Waals surface area (Å²) in [6.45, 7) is 1.18. The Kier molecular flexibility index (Phi) is 0.866. The summed E-state index contributed by atoms with van der Waals surface area (Å²) in [4.78, 5) is 11.8. The predicted octanol–water partition coefficient (Wildman–Crippen LogP) is -0.303. The quantitative estimate of drug-likeness (QED) is 0.488. The normalized spacial score (nSPS) is 43.3. The summed E-state index contributed by atoms with van der Waals surface area (Å²) in [6, 6.07) is 0. The van der Waals surface area contributed by atoms with Crippen molar-refractivity contribution in [2.45, 2.75) is 12.0 Å². The number of fused-ring (bicyclic) bond motifs is 1. The van der Waals surface area contributed by atoms with Gasteiger partial charge < -0.3 is 15.7 Å². The number of likely N-dealkylation sites (tertiary alicyclic amines) is 1. The zero-order valence-electron chi connectivity index (χ0n) is 5.58. The molecule has 2 atom stereocenters. The van der Waals surface area contributed by atoms with Crippen molar-refractivity contribution in [1.29, 1.82) is 0 Å². The molecule has 56 valence electrons. The summed E-state index contributed by atoms with van der Waals surface area (Å²) in [6.07, 6.45) is 0.175. The first-order chi connectivity index (χ1) is 4.62. The monoisotopic (exact) mass is 142 g/mol. The highest BCUT2D eigenvalue weighted by molar-refractivity contribution is 5.66. The van der Waals surface area contributed by atoms with Crippen LogP contribution >= 0.6 is 0 Å². The third-order valence-corrected chi connectivity index (χ3v) is 2.48. The number of nitrogens with two attached hydrogens (primary N) is 1. The highest BCUT2D eigenvalue weighted by Crippen LogP contribution is 2.46. The van der Waals surface area contributed by atoms with Gasteiger partial charge in [0.15, 0.2) is 0 Å². The van der Waals surface area contributed by atoms with Gasteiger partial charge in [0.05, 0.1) is 0 Å². The van der Waals surface area contributed by atoms with Crippen molar-refractivity contribution in [2.24, 2.45) is 11.7 Å². The van der Waals surface area contributed by atoms with Crippen molar-refractivity contribution >= 4 is 6.09 Å². The number of hydrogen-bond acceptors (Lipinski definition) is 2. The van der Waals surface area contributed by atoms with Crippen LogP contribution in [0.15, 0.2) is 0 Å². The average Bonchev–Trinajstić information content (AvgIpc) is 2.32. The molecule has 0 aromatic carbocycles. The number of piperidine rings is 1. The molecule has 1 saturated heterocycles. The fourth-order valence-corrected chi connectivity index (χ4v) is 1.67. The molecular weight excluding hydrogens is 132 g/mol. The molecule has 1 aliphatic heterocycles. The van der Waals surface area contributed by atoms with E-state index < -0.39 is 6.09 Å². The number of hydrogen-bond donors (Lipinski definition) is 2. The Morgan fingerprint density at radius 2 is 2.50 bits per heavy atom. The second-order valence-corrected chi connectivity index (χ2v) is 3.30. The van der Waals surface area contributed by atoms with Gasteiger partial charge in [-0.25, -0.2) is 4.79 Å². The third kappa shape index (κ3) is 0.623. The van der Waals surface area contributed by atoms with Gasteiger partial charge in [-0.15, -0.1) is 0 Å².